The quantitative estimate of drug-likeness (QED) is 0.860. The molecule has 3 heterocycles. The lowest BCUT2D eigenvalue weighted by Crippen LogP contribution is -2.45. The molecule has 0 aliphatic carbocycles. The molecule has 128 valence electrons. The molecule has 0 radical (unpaired) electrons. The normalized spacial score (nSPS) is 17.7. The molecule has 6 nitrogen and oxygen atoms in total. The highest BCUT2D eigenvalue weighted by Gasteiger charge is 2.34. The zero-order chi connectivity index (χ0) is 17.4. The van der Waals surface area contributed by atoms with Crippen LogP contribution >= 0.6 is 0 Å². The third-order valence-corrected chi connectivity index (χ3v) is 4.93. The number of amides is 2. The topological polar surface area (TPSA) is 66.4 Å². The molecule has 1 fully saturated rings. The molecule has 1 aromatic carbocycles. The number of likely N-dealkylation sites (tertiary alicyclic amines) is 1. The van der Waals surface area contributed by atoms with Crippen LogP contribution in [-0.2, 0) is 22.7 Å². The summed E-state index contributed by atoms with van der Waals surface area (Å²) in [7, 11) is 0. The Morgan fingerprint density at radius 2 is 2.00 bits per heavy atom. The molecule has 2 aliphatic rings. The van der Waals surface area contributed by atoms with Gasteiger partial charge in [-0.25, -0.2) is 9.97 Å². The van der Waals surface area contributed by atoms with Crippen LogP contribution in [0.4, 0.5) is 0 Å². The van der Waals surface area contributed by atoms with E-state index in [0.29, 0.717) is 31.9 Å². The molecular formula is C19H20N4O2. The predicted molar refractivity (Wildman–Crippen MR) is 92.1 cm³/mol. The number of aromatic nitrogens is 2. The van der Waals surface area contributed by atoms with E-state index >= 15 is 0 Å². The Labute approximate surface area is 146 Å². The molecule has 0 N–H and O–H groups in total. The van der Waals surface area contributed by atoms with Gasteiger partial charge in [-0.3, -0.25) is 9.59 Å². The maximum Gasteiger partial charge on any atom is 0.245 e. The first-order valence-electron chi connectivity index (χ1n) is 8.62. The van der Waals surface area contributed by atoms with E-state index in [1.165, 1.54) is 0 Å². The van der Waals surface area contributed by atoms with Crippen molar-refractivity contribution in [2.45, 2.75) is 38.9 Å². The summed E-state index contributed by atoms with van der Waals surface area (Å²) < 4.78 is 0. The van der Waals surface area contributed by atoms with Crippen molar-refractivity contribution in [1.29, 1.82) is 0 Å². The number of rotatable bonds is 3. The summed E-state index contributed by atoms with van der Waals surface area (Å²) in [6.45, 7) is 3.47. The van der Waals surface area contributed by atoms with Crippen LogP contribution < -0.4 is 0 Å². The molecule has 0 saturated carbocycles. The first kappa shape index (κ1) is 15.7. The van der Waals surface area contributed by atoms with Crippen LogP contribution in [0.25, 0.3) is 11.4 Å². The lowest BCUT2D eigenvalue weighted by Gasteiger charge is -2.27. The zero-order valence-electron chi connectivity index (χ0n) is 14.2. The van der Waals surface area contributed by atoms with Crippen molar-refractivity contribution in [3.05, 3.63) is 47.8 Å². The van der Waals surface area contributed by atoms with Gasteiger partial charge < -0.3 is 9.80 Å². The molecule has 2 amide bonds. The van der Waals surface area contributed by atoms with Crippen molar-refractivity contribution in [1.82, 2.24) is 19.8 Å². The van der Waals surface area contributed by atoms with Gasteiger partial charge in [0.1, 0.15) is 6.04 Å². The summed E-state index contributed by atoms with van der Waals surface area (Å²) in [4.78, 5) is 37.2. The Morgan fingerprint density at radius 3 is 2.72 bits per heavy atom. The highest BCUT2D eigenvalue weighted by molar-refractivity contribution is 5.88. The summed E-state index contributed by atoms with van der Waals surface area (Å²) in [5.74, 6) is 0.731. The Hall–Kier alpha value is -2.76. The maximum atomic E-state index is 12.8. The van der Waals surface area contributed by atoms with E-state index in [2.05, 4.69) is 9.97 Å². The number of carbonyl (C=O) groups is 2. The molecule has 0 bridgehead atoms. The fourth-order valence-corrected chi connectivity index (χ4v) is 3.51. The van der Waals surface area contributed by atoms with Gasteiger partial charge in [0.05, 0.1) is 12.2 Å². The molecule has 25 heavy (non-hydrogen) atoms. The third-order valence-electron chi connectivity index (χ3n) is 4.93. The number of carbonyl (C=O) groups excluding carboxylic acids is 2. The summed E-state index contributed by atoms with van der Waals surface area (Å²) in [5, 5.41) is 0. The molecule has 6 heteroatoms. The number of nitrogens with zero attached hydrogens (tertiary/aromatic N) is 4. The second-order valence-corrected chi connectivity index (χ2v) is 6.59. The number of fused-ring (bicyclic) bond motifs is 1. The monoisotopic (exact) mass is 336 g/mol. The molecule has 0 spiro atoms. The second kappa shape index (κ2) is 6.27. The van der Waals surface area contributed by atoms with Crippen LogP contribution in [0.15, 0.2) is 36.5 Å². The van der Waals surface area contributed by atoms with Crippen LogP contribution in [0.1, 0.15) is 31.0 Å². The van der Waals surface area contributed by atoms with Crippen molar-refractivity contribution < 1.29 is 9.59 Å². The predicted octanol–water partition coefficient (Wildman–Crippen LogP) is 2.00. The Balaban J connectivity index is 1.51. The van der Waals surface area contributed by atoms with Gasteiger partial charge in [-0.1, -0.05) is 30.3 Å². The molecule has 1 saturated heterocycles. The van der Waals surface area contributed by atoms with E-state index in [1.54, 1.807) is 9.80 Å². The lowest BCUT2D eigenvalue weighted by atomic mass is 10.2. The number of benzene rings is 1. The summed E-state index contributed by atoms with van der Waals surface area (Å²) in [6.07, 6.45) is 3.19. The highest BCUT2D eigenvalue weighted by atomic mass is 16.2. The van der Waals surface area contributed by atoms with Gasteiger partial charge in [0.25, 0.3) is 0 Å². The number of hydrogen-bond acceptors (Lipinski definition) is 4. The number of hydrogen-bond donors (Lipinski definition) is 0. The largest absolute Gasteiger partial charge is 0.331 e. The Morgan fingerprint density at radius 1 is 1.20 bits per heavy atom. The summed E-state index contributed by atoms with van der Waals surface area (Å²) in [5.41, 5.74) is 2.83. The van der Waals surface area contributed by atoms with E-state index < -0.39 is 6.04 Å². The average molecular weight is 336 g/mol. The van der Waals surface area contributed by atoms with Crippen LogP contribution in [0.2, 0.25) is 0 Å². The van der Waals surface area contributed by atoms with Crippen molar-refractivity contribution >= 4 is 11.8 Å². The van der Waals surface area contributed by atoms with Crippen molar-refractivity contribution in [3.8, 4) is 11.4 Å². The zero-order valence-corrected chi connectivity index (χ0v) is 14.2. The second-order valence-electron chi connectivity index (χ2n) is 6.59. The van der Waals surface area contributed by atoms with E-state index in [4.69, 9.17) is 0 Å². The average Bonchev–Trinajstić information content (AvgIpc) is 3.26. The maximum absolute atomic E-state index is 12.8. The minimum Gasteiger partial charge on any atom is -0.331 e. The fraction of sp³-hybridized carbons (Fsp3) is 0.368. The van der Waals surface area contributed by atoms with Gasteiger partial charge in [0, 0.05) is 36.8 Å². The highest BCUT2D eigenvalue weighted by Crippen LogP contribution is 2.25. The Kier molecular flexibility index (Phi) is 3.95. The van der Waals surface area contributed by atoms with Crippen LogP contribution in [0.5, 0.6) is 0 Å². The molecule has 2 aliphatic heterocycles. The van der Waals surface area contributed by atoms with Crippen LogP contribution in [0.3, 0.4) is 0 Å². The molecule has 1 unspecified atom stereocenters. The molecule has 4 rings (SSSR count). The van der Waals surface area contributed by atoms with Crippen molar-refractivity contribution in [2.24, 2.45) is 0 Å². The van der Waals surface area contributed by atoms with Crippen LogP contribution in [-0.4, -0.2) is 44.2 Å². The third kappa shape index (κ3) is 2.88. The van der Waals surface area contributed by atoms with Gasteiger partial charge >= 0.3 is 0 Å². The van der Waals surface area contributed by atoms with E-state index in [-0.39, 0.29) is 11.8 Å². The lowest BCUT2D eigenvalue weighted by molar-refractivity contribution is -0.143. The Bertz CT molecular complexity index is 821. The first-order chi connectivity index (χ1) is 12.1. The van der Waals surface area contributed by atoms with Crippen molar-refractivity contribution in [2.75, 3.05) is 6.54 Å². The van der Waals surface area contributed by atoms with Gasteiger partial charge in [0.2, 0.25) is 11.8 Å². The minimum atomic E-state index is -0.411. The van der Waals surface area contributed by atoms with E-state index in [9.17, 15) is 9.59 Å². The van der Waals surface area contributed by atoms with Gasteiger partial charge in [-0.05, 0) is 13.3 Å². The fourth-order valence-electron chi connectivity index (χ4n) is 3.51. The smallest absolute Gasteiger partial charge is 0.245 e. The molecule has 2 aromatic rings. The van der Waals surface area contributed by atoms with E-state index in [0.717, 1.165) is 23.2 Å². The van der Waals surface area contributed by atoms with Gasteiger partial charge in [0.15, 0.2) is 5.82 Å². The van der Waals surface area contributed by atoms with Crippen molar-refractivity contribution in [3.63, 3.8) is 0 Å². The summed E-state index contributed by atoms with van der Waals surface area (Å²) >= 11 is 0. The van der Waals surface area contributed by atoms with Crippen LogP contribution in [0, 0.1) is 0 Å². The summed E-state index contributed by atoms with van der Waals surface area (Å²) in [6, 6.07) is 9.40. The van der Waals surface area contributed by atoms with Gasteiger partial charge in [-0.2, -0.15) is 0 Å². The minimum absolute atomic E-state index is 0.0190. The molecule has 1 atom stereocenters. The molecule has 1 aromatic heterocycles. The van der Waals surface area contributed by atoms with E-state index in [1.807, 2.05) is 43.5 Å². The molecular weight excluding hydrogens is 316 g/mol. The SMILES string of the molecule is CC(C(=O)N1Cc2cnc(-c3ccccc3)nc2C1)N1CCCC1=O. The standard InChI is InChI=1S/C19H20N4O2/c1-13(23-9-5-8-17(23)24)19(25)22-11-15-10-20-18(21-16(15)12-22)14-6-3-2-4-7-14/h2-4,6-7,10,13H,5,8-9,11-12H2,1H3. The first-order valence-corrected chi connectivity index (χ1v) is 8.62. The van der Waals surface area contributed by atoms with Gasteiger partial charge in [-0.15, -0.1) is 0 Å².